The zero-order chi connectivity index (χ0) is 14.4. The number of nitrogens with one attached hydrogen (secondary N) is 1. The van der Waals surface area contributed by atoms with Crippen LogP contribution in [-0.4, -0.2) is 30.1 Å². The Labute approximate surface area is 123 Å². The van der Waals surface area contributed by atoms with E-state index in [9.17, 15) is 9.59 Å². The number of nitrogens with zero attached hydrogens (tertiary/aromatic N) is 1. The molecule has 5 nitrogen and oxygen atoms in total. The number of imide groups is 1. The minimum Gasteiger partial charge on any atom is -0.355 e. The van der Waals surface area contributed by atoms with Crippen molar-refractivity contribution in [1.82, 2.24) is 5.32 Å². The van der Waals surface area contributed by atoms with Crippen LogP contribution in [0.25, 0.3) is 0 Å². The second-order valence-corrected chi connectivity index (χ2v) is 6.03. The second-order valence-electron chi connectivity index (χ2n) is 6.03. The van der Waals surface area contributed by atoms with Crippen LogP contribution in [-0.2, 0) is 20.9 Å². The van der Waals surface area contributed by atoms with Gasteiger partial charge in [0.05, 0.1) is 5.69 Å². The van der Waals surface area contributed by atoms with Gasteiger partial charge >= 0.3 is 0 Å². The summed E-state index contributed by atoms with van der Waals surface area (Å²) in [6, 6.07) is 8.30. The highest BCUT2D eigenvalue weighted by Gasteiger charge is 2.47. The van der Waals surface area contributed by atoms with Gasteiger partial charge in [0.1, 0.15) is 12.2 Å². The van der Waals surface area contributed by atoms with Gasteiger partial charge in [0.25, 0.3) is 11.8 Å². The lowest BCUT2D eigenvalue weighted by atomic mass is 10.1. The molecule has 110 valence electrons. The number of hydrogen-bond acceptors (Lipinski definition) is 4. The molecule has 4 rings (SSSR count). The Morgan fingerprint density at radius 2 is 1.81 bits per heavy atom. The Morgan fingerprint density at radius 3 is 2.48 bits per heavy atom. The highest BCUT2D eigenvalue weighted by atomic mass is 16.5. The largest absolute Gasteiger partial charge is 0.355 e. The van der Waals surface area contributed by atoms with Crippen LogP contribution in [0.4, 0.5) is 5.69 Å². The van der Waals surface area contributed by atoms with E-state index in [1.54, 1.807) is 0 Å². The number of amides is 2. The van der Waals surface area contributed by atoms with Crippen LogP contribution in [0.1, 0.15) is 31.2 Å². The Morgan fingerprint density at radius 1 is 1.10 bits per heavy atom. The maximum Gasteiger partial charge on any atom is 0.262 e. The van der Waals surface area contributed by atoms with Crippen LogP contribution in [0.2, 0.25) is 0 Å². The van der Waals surface area contributed by atoms with Crippen LogP contribution in [0.5, 0.6) is 0 Å². The lowest BCUT2D eigenvalue weighted by Crippen LogP contribution is -2.52. The summed E-state index contributed by atoms with van der Waals surface area (Å²) in [7, 11) is 0. The Bertz CT molecular complexity index is 575. The quantitative estimate of drug-likeness (QED) is 0.849. The monoisotopic (exact) mass is 286 g/mol. The molecule has 2 amide bonds. The molecule has 1 N–H and O–H groups in total. The summed E-state index contributed by atoms with van der Waals surface area (Å²) in [5.74, 6) is -0.442. The second kappa shape index (κ2) is 4.93. The molecule has 2 saturated heterocycles. The van der Waals surface area contributed by atoms with E-state index in [1.165, 1.54) is 17.7 Å². The van der Waals surface area contributed by atoms with Gasteiger partial charge in [-0.3, -0.25) is 9.59 Å². The molecule has 0 radical (unpaired) electrons. The van der Waals surface area contributed by atoms with E-state index in [2.05, 4.69) is 5.32 Å². The number of benzene rings is 1. The van der Waals surface area contributed by atoms with Gasteiger partial charge in [-0.25, -0.2) is 4.90 Å². The third-order valence-electron chi connectivity index (χ3n) is 4.35. The number of ether oxygens (including phenoxy) is 1. The van der Waals surface area contributed by atoms with Gasteiger partial charge in [-0.2, -0.15) is 0 Å². The zero-order valence-electron chi connectivity index (χ0n) is 11.7. The molecule has 2 heterocycles. The molecule has 2 aliphatic heterocycles. The molecule has 1 saturated carbocycles. The fraction of sp³-hybridized carbons (Fsp3) is 0.500. The van der Waals surface area contributed by atoms with Gasteiger partial charge in [-0.05, 0) is 43.4 Å². The SMILES string of the molecule is O=C1C2CCC(O2)C(=O)N1c1cccc(CNC2CC2)c1. The average molecular weight is 286 g/mol. The number of fused-ring (bicyclic) bond motifs is 2. The van der Waals surface area contributed by atoms with Crippen LogP contribution < -0.4 is 10.2 Å². The fourth-order valence-corrected chi connectivity index (χ4v) is 3.01. The summed E-state index contributed by atoms with van der Waals surface area (Å²) in [5.41, 5.74) is 1.76. The average Bonchev–Trinajstić information content (AvgIpc) is 3.21. The Balaban J connectivity index is 1.58. The topological polar surface area (TPSA) is 58.6 Å². The number of hydrogen-bond donors (Lipinski definition) is 1. The predicted molar refractivity (Wildman–Crippen MR) is 76.7 cm³/mol. The third-order valence-corrected chi connectivity index (χ3v) is 4.35. The predicted octanol–water partition coefficient (Wildman–Crippen LogP) is 1.36. The number of carbonyl (C=O) groups is 2. The molecular weight excluding hydrogens is 268 g/mol. The molecule has 0 aromatic heterocycles. The molecule has 1 aliphatic carbocycles. The minimum absolute atomic E-state index is 0.221. The van der Waals surface area contributed by atoms with Crippen LogP contribution in [0.3, 0.4) is 0 Å². The summed E-state index contributed by atoms with van der Waals surface area (Å²) < 4.78 is 5.44. The molecule has 3 fully saturated rings. The molecule has 2 atom stereocenters. The maximum atomic E-state index is 12.3. The molecule has 3 aliphatic rings. The number of carbonyl (C=O) groups excluding carboxylic acids is 2. The summed E-state index contributed by atoms with van der Waals surface area (Å²) in [6.07, 6.45) is 2.89. The van der Waals surface area contributed by atoms with Crippen LogP contribution >= 0.6 is 0 Å². The van der Waals surface area contributed by atoms with E-state index >= 15 is 0 Å². The van der Waals surface area contributed by atoms with Crippen molar-refractivity contribution in [3.63, 3.8) is 0 Å². The van der Waals surface area contributed by atoms with Gasteiger partial charge in [0.15, 0.2) is 0 Å². The molecule has 21 heavy (non-hydrogen) atoms. The van der Waals surface area contributed by atoms with Gasteiger partial charge in [0, 0.05) is 12.6 Å². The summed E-state index contributed by atoms with van der Waals surface area (Å²) in [4.78, 5) is 26.0. The number of anilines is 1. The minimum atomic E-state index is -0.444. The molecule has 2 bridgehead atoms. The molecule has 1 aromatic carbocycles. The highest BCUT2D eigenvalue weighted by Crippen LogP contribution is 2.32. The van der Waals surface area contributed by atoms with Crippen molar-refractivity contribution in [2.75, 3.05) is 4.90 Å². The lowest BCUT2D eigenvalue weighted by Gasteiger charge is -2.30. The van der Waals surface area contributed by atoms with Gasteiger partial charge < -0.3 is 10.1 Å². The van der Waals surface area contributed by atoms with E-state index in [-0.39, 0.29) is 11.8 Å². The standard InChI is InChI=1S/C16H18N2O3/c19-15-13-6-7-14(21-13)16(20)18(15)12-3-1-2-10(8-12)9-17-11-4-5-11/h1-3,8,11,13-14,17H,4-7,9H2. The van der Waals surface area contributed by atoms with Crippen molar-refractivity contribution in [2.45, 2.75) is 50.5 Å². The Hall–Kier alpha value is -1.72. The first-order valence-electron chi connectivity index (χ1n) is 7.58. The summed E-state index contributed by atoms with van der Waals surface area (Å²) >= 11 is 0. The summed E-state index contributed by atoms with van der Waals surface area (Å²) in [5, 5.41) is 3.44. The van der Waals surface area contributed by atoms with Crippen molar-refractivity contribution in [1.29, 1.82) is 0 Å². The smallest absolute Gasteiger partial charge is 0.262 e. The van der Waals surface area contributed by atoms with Crippen molar-refractivity contribution >= 4 is 17.5 Å². The van der Waals surface area contributed by atoms with E-state index in [4.69, 9.17) is 4.74 Å². The van der Waals surface area contributed by atoms with Crippen LogP contribution in [0, 0.1) is 0 Å². The van der Waals surface area contributed by atoms with Crippen molar-refractivity contribution in [2.24, 2.45) is 0 Å². The molecule has 5 heteroatoms. The van der Waals surface area contributed by atoms with E-state index < -0.39 is 12.2 Å². The van der Waals surface area contributed by atoms with E-state index in [0.29, 0.717) is 24.6 Å². The zero-order valence-corrected chi connectivity index (χ0v) is 11.7. The maximum absolute atomic E-state index is 12.3. The van der Waals surface area contributed by atoms with Gasteiger partial charge in [0.2, 0.25) is 0 Å². The van der Waals surface area contributed by atoms with E-state index in [1.807, 2.05) is 24.3 Å². The van der Waals surface area contributed by atoms with Crippen molar-refractivity contribution < 1.29 is 14.3 Å². The van der Waals surface area contributed by atoms with Gasteiger partial charge in [-0.15, -0.1) is 0 Å². The lowest BCUT2D eigenvalue weighted by molar-refractivity contribution is -0.146. The van der Waals surface area contributed by atoms with Gasteiger partial charge in [-0.1, -0.05) is 12.1 Å². The summed E-state index contributed by atoms with van der Waals surface area (Å²) in [6.45, 7) is 0.776. The molecular formula is C16H18N2O3. The van der Waals surface area contributed by atoms with Crippen molar-refractivity contribution in [3.05, 3.63) is 29.8 Å². The first kappa shape index (κ1) is 13.0. The van der Waals surface area contributed by atoms with Crippen LogP contribution in [0.15, 0.2) is 24.3 Å². The molecule has 1 aromatic rings. The third kappa shape index (κ3) is 2.36. The highest BCUT2D eigenvalue weighted by molar-refractivity contribution is 6.19. The first-order chi connectivity index (χ1) is 10.2. The first-order valence-corrected chi connectivity index (χ1v) is 7.58. The molecule has 2 unspecified atom stereocenters. The number of rotatable bonds is 4. The fourth-order valence-electron chi connectivity index (χ4n) is 3.01. The molecule has 0 spiro atoms. The Kier molecular flexibility index (Phi) is 3.05. The number of morpholine rings is 1. The van der Waals surface area contributed by atoms with E-state index in [0.717, 1.165) is 12.1 Å². The van der Waals surface area contributed by atoms with Crippen molar-refractivity contribution in [3.8, 4) is 0 Å². The normalized spacial score (nSPS) is 28.3.